The van der Waals surface area contributed by atoms with Crippen LogP contribution in [0.25, 0.3) is 0 Å². The van der Waals surface area contributed by atoms with Crippen LogP contribution >= 0.6 is 22.7 Å². The van der Waals surface area contributed by atoms with E-state index >= 15 is 0 Å². The minimum Gasteiger partial charge on any atom is -0.372 e. The summed E-state index contributed by atoms with van der Waals surface area (Å²) >= 11 is 3.10. The van der Waals surface area contributed by atoms with Gasteiger partial charge in [-0.15, -0.1) is 11.3 Å². The van der Waals surface area contributed by atoms with E-state index in [1.807, 2.05) is 36.1 Å². The third-order valence-corrected chi connectivity index (χ3v) is 4.59. The minimum absolute atomic E-state index is 0.0108. The lowest BCUT2D eigenvalue weighted by atomic mass is 10.3. The van der Waals surface area contributed by atoms with Crippen molar-refractivity contribution >= 4 is 28.6 Å². The summed E-state index contributed by atoms with van der Waals surface area (Å²) in [7, 11) is 1.80. The third kappa shape index (κ3) is 3.65. The largest absolute Gasteiger partial charge is 0.372 e. The molecule has 0 fully saturated rings. The van der Waals surface area contributed by atoms with Gasteiger partial charge in [0.25, 0.3) is 5.91 Å². The zero-order chi connectivity index (χ0) is 14.5. The van der Waals surface area contributed by atoms with Crippen LogP contribution in [0.5, 0.6) is 0 Å². The highest BCUT2D eigenvalue weighted by atomic mass is 32.1. The molecule has 2 aromatic rings. The molecule has 0 unspecified atom stereocenters. The molecular weight excluding hydrogens is 292 g/mol. The van der Waals surface area contributed by atoms with Crippen molar-refractivity contribution in [2.75, 3.05) is 13.7 Å². The summed E-state index contributed by atoms with van der Waals surface area (Å²) in [5, 5.41) is 6.72. The van der Waals surface area contributed by atoms with Crippen LogP contribution in [0.1, 0.15) is 41.0 Å². The maximum Gasteiger partial charge on any atom is 0.254 e. The first-order chi connectivity index (χ1) is 9.61. The number of nitrogens with zero attached hydrogens (tertiary/aromatic N) is 2. The van der Waals surface area contributed by atoms with E-state index in [1.165, 1.54) is 11.3 Å². The molecular formula is C14H18N2O2S2. The summed E-state index contributed by atoms with van der Waals surface area (Å²) in [5.74, 6) is 0.0265. The molecule has 0 bridgehead atoms. The molecule has 20 heavy (non-hydrogen) atoms. The Bertz CT molecular complexity index is 551. The number of thiophene rings is 1. The van der Waals surface area contributed by atoms with Gasteiger partial charge in [-0.1, -0.05) is 0 Å². The maximum atomic E-state index is 12.1. The summed E-state index contributed by atoms with van der Waals surface area (Å²) in [4.78, 5) is 18.4. The molecule has 1 atom stereocenters. The molecule has 2 heterocycles. The first-order valence-corrected chi connectivity index (χ1v) is 8.27. The van der Waals surface area contributed by atoms with E-state index in [0.29, 0.717) is 13.2 Å². The van der Waals surface area contributed by atoms with Crippen molar-refractivity contribution < 1.29 is 9.53 Å². The number of amides is 1. The fourth-order valence-electron chi connectivity index (χ4n) is 1.82. The number of rotatable bonds is 6. The monoisotopic (exact) mass is 310 g/mol. The zero-order valence-electron chi connectivity index (χ0n) is 11.8. The molecule has 6 heteroatoms. The van der Waals surface area contributed by atoms with E-state index in [-0.39, 0.29) is 12.0 Å². The lowest BCUT2D eigenvalue weighted by Gasteiger charge is -2.15. The smallest absolute Gasteiger partial charge is 0.254 e. The van der Waals surface area contributed by atoms with Gasteiger partial charge in [0, 0.05) is 24.4 Å². The molecule has 0 saturated heterocycles. The van der Waals surface area contributed by atoms with Crippen LogP contribution < -0.4 is 0 Å². The van der Waals surface area contributed by atoms with Gasteiger partial charge in [-0.2, -0.15) is 11.3 Å². The molecule has 0 aliphatic carbocycles. The van der Waals surface area contributed by atoms with Crippen LogP contribution in [0.2, 0.25) is 0 Å². The van der Waals surface area contributed by atoms with Crippen LogP contribution in [0.3, 0.4) is 0 Å². The lowest BCUT2D eigenvalue weighted by Crippen LogP contribution is -2.25. The van der Waals surface area contributed by atoms with Gasteiger partial charge in [0.15, 0.2) is 0 Å². The van der Waals surface area contributed by atoms with Gasteiger partial charge in [-0.25, -0.2) is 4.98 Å². The summed E-state index contributed by atoms with van der Waals surface area (Å²) in [6, 6.07) is 1.84. The average molecular weight is 310 g/mol. The number of hydrogen-bond donors (Lipinski definition) is 0. The number of hydrogen-bond acceptors (Lipinski definition) is 5. The van der Waals surface area contributed by atoms with Gasteiger partial charge in [-0.3, -0.25) is 4.79 Å². The van der Waals surface area contributed by atoms with Gasteiger partial charge in [0.05, 0.1) is 17.8 Å². The SMILES string of the molecule is CCO[C@H](C)c1nc(CN(C)C(=O)c2ccsc2)cs1. The number of carbonyl (C=O) groups excluding carboxylic acids is 1. The molecule has 2 aromatic heterocycles. The molecule has 1 amide bonds. The predicted octanol–water partition coefficient (Wildman–Crippen LogP) is 3.57. The second-order valence-corrected chi connectivity index (χ2v) is 6.12. The van der Waals surface area contributed by atoms with Crippen molar-refractivity contribution in [1.82, 2.24) is 9.88 Å². The topological polar surface area (TPSA) is 42.4 Å². The first kappa shape index (κ1) is 15.2. The fraction of sp³-hybridized carbons (Fsp3) is 0.429. The Hall–Kier alpha value is -1.24. The molecule has 0 saturated carbocycles. The molecule has 108 valence electrons. The molecule has 0 N–H and O–H groups in total. The second kappa shape index (κ2) is 6.97. The molecule has 0 aromatic carbocycles. The molecule has 2 rings (SSSR count). The summed E-state index contributed by atoms with van der Waals surface area (Å²) < 4.78 is 5.52. The number of aromatic nitrogens is 1. The summed E-state index contributed by atoms with van der Waals surface area (Å²) in [6.45, 7) is 5.15. The van der Waals surface area contributed by atoms with Crippen molar-refractivity contribution in [2.45, 2.75) is 26.5 Å². The standard InChI is InChI=1S/C14H18N2O2S2/c1-4-18-10(2)13-15-12(9-20-13)7-16(3)14(17)11-5-6-19-8-11/h5-6,8-10H,4,7H2,1-3H3/t10-/m1/s1. The molecule has 0 aliphatic rings. The minimum atomic E-state index is 0.0108. The zero-order valence-corrected chi connectivity index (χ0v) is 13.5. The van der Waals surface area contributed by atoms with Crippen LogP contribution in [-0.2, 0) is 11.3 Å². The van der Waals surface area contributed by atoms with Crippen molar-refractivity contribution in [1.29, 1.82) is 0 Å². The van der Waals surface area contributed by atoms with Crippen molar-refractivity contribution in [3.8, 4) is 0 Å². The van der Waals surface area contributed by atoms with Gasteiger partial charge in [-0.05, 0) is 25.3 Å². The third-order valence-electron chi connectivity index (χ3n) is 2.85. The van der Waals surface area contributed by atoms with Crippen molar-refractivity contribution in [3.05, 3.63) is 38.5 Å². The second-order valence-electron chi connectivity index (χ2n) is 4.45. The van der Waals surface area contributed by atoms with Gasteiger partial charge in [0.2, 0.25) is 0 Å². The van der Waals surface area contributed by atoms with Gasteiger partial charge >= 0.3 is 0 Å². The molecule has 0 radical (unpaired) electrons. The fourth-order valence-corrected chi connectivity index (χ4v) is 3.27. The Balaban J connectivity index is 1.98. The van der Waals surface area contributed by atoms with Crippen molar-refractivity contribution in [2.24, 2.45) is 0 Å². The number of thiazole rings is 1. The summed E-state index contributed by atoms with van der Waals surface area (Å²) in [5.41, 5.74) is 1.64. The number of carbonyl (C=O) groups is 1. The van der Waals surface area contributed by atoms with Gasteiger partial charge < -0.3 is 9.64 Å². The maximum absolute atomic E-state index is 12.1. The highest BCUT2D eigenvalue weighted by molar-refractivity contribution is 7.09. The first-order valence-electron chi connectivity index (χ1n) is 6.45. The van der Waals surface area contributed by atoms with Crippen LogP contribution in [0.4, 0.5) is 0 Å². The van der Waals surface area contributed by atoms with Crippen LogP contribution in [-0.4, -0.2) is 29.4 Å². The Morgan fingerprint density at radius 3 is 2.95 bits per heavy atom. The molecule has 0 aliphatic heterocycles. The molecule has 0 spiro atoms. The van der Waals surface area contributed by atoms with Gasteiger partial charge in [0.1, 0.15) is 11.1 Å². The number of ether oxygens (including phenoxy) is 1. The normalized spacial score (nSPS) is 12.3. The summed E-state index contributed by atoms with van der Waals surface area (Å²) in [6.07, 6.45) is 0.0108. The predicted molar refractivity (Wildman–Crippen MR) is 82.3 cm³/mol. The van der Waals surface area contributed by atoms with Crippen molar-refractivity contribution in [3.63, 3.8) is 0 Å². The highest BCUT2D eigenvalue weighted by Crippen LogP contribution is 2.22. The van der Waals surface area contributed by atoms with Crippen LogP contribution in [0.15, 0.2) is 22.2 Å². The lowest BCUT2D eigenvalue weighted by molar-refractivity contribution is 0.0756. The average Bonchev–Trinajstić information content (AvgIpc) is 3.09. The Kier molecular flexibility index (Phi) is 5.28. The Morgan fingerprint density at radius 2 is 2.30 bits per heavy atom. The van der Waals surface area contributed by atoms with E-state index in [4.69, 9.17) is 4.74 Å². The quantitative estimate of drug-likeness (QED) is 0.819. The van der Waals surface area contributed by atoms with E-state index in [1.54, 1.807) is 23.3 Å². The van der Waals surface area contributed by atoms with E-state index in [9.17, 15) is 4.79 Å². The van der Waals surface area contributed by atoms with Crippen LogP contribution in [0, 0.1) is 0 Å². The van der Waals surface area contributed by atoms with E-state index in [0.717, 1.165) is 16.3 Å². The molecule has 4 nitrogen and oxygen atoms in total. The Morgan fingerprint density at radius 1 is 1.50 bits per heavy atom. The highest BCUT2D eigenvalue weighted by Gasteiger charge is 2.15. The van der Waals surface area contributed by atoms with E-state index < -0.39 is 0 Å². The Labute approximate surface area is 127 Å². The van der Waals surface area contributed by atoms with E-state index in [2.05, 4.69) is 4.98 Å².